The molecule has 1 unspecified atom stereocenters. The Hall–Kier alpha value is -1.31. The summed E-state index contributed by atoms with van der Waals surface area (Å²) in [7, 11) is 0. The topological polar surface area (TPSA) is 29.1 Å². The van der Waals surface area contributed by atoms with Crippen molar-refractivity contribution < 1.29 is 4.79 Å². The predicted molar refractivity (Wildman–Crippen MR) is 81.1 cm³/mol. The highest BCUT2D eigenvalue weighted by atomic mass is 16.1. The maximum Gasteiger partial charge on any atom is 0.220 e. The second-order valence-corrected chi connectivity index (χ2v) is 6.28. The highest BCUT2D eigenvalue weighted by molar-refractivity contribution is 5.76. The molecule has 19 heavy (non-hydrogen) atoms. The van der Waals surface area contributed by atoms with Crippen molar-refractivity contribution in [2.75, 3.05) is 0 Å². The van der Waals surface area contributed by atoms with Crippen LogP contribution in [0.4, 0.5) is 0 Å². The molecule has 1 amide bonds. The fourth-order valence-electron chi connectivity index (χ4n) is 2.03. The Morgan fingerprint density at radius 2 is 1.84 bits per heavy atom. The molecule has 0 heterocycles. The summed E-state index contributed by atoms with van der Waals surface area (Å²) in [6.45, 7) is 8.65. The summed E-state index contributed by atoms with van der Waals surface area (Å²) in [5, 5.41) is 3.20. The number of rotatable bonds is 6. The van der Waals surface area contributed by atoms with E-state index in [-0.39, 0.29) is 17.4 Å². The lowest BCUT2D eigenvalue weighted by atomic mass is 9.83. The first-order valence-corrected chi connectivity index (χ1v) is 7.26. The maximum atomic E-state index is 11.9. The number of carbonyl (C=O) groups excluding carboxylic acids is 1. The molecule has 1 aromatic rings. The molecule has 0 spiro atoms. The van der Waals surface area contributed by atoms with Crippen molar-refractivity contribution in [3.63, 3.8) is 0 Å². The van der Waals surface area contributed by atoms with Crippen molar-refractivity contribution in [3.8, 4) is 0 Å². The van der Waals surface area contributed by atoms with E-state index in [4.69, 9.17) is 0 Å². The van der Waals surface area contributed by atoms with Gasteiger partial charge >= 0.3 is 0 Å². The Bertz CT molecular complexity index is 378. The van der Waals surface area contributed by atoms with Crippen LogP contribution in [0.25, 0.3) is 0 Å². The third-order valence-corrected chi connectivity index (χ3v) is 3.42. The van der Waals surface area contributed by atoms with E-state index >= 15 is 0 Å². The van der Waals surface area contributed by atoms with Gasteiger partial charge in [0.1, 0.15) is 0 Å². The molecule has 0 saturated heterocycles. The third-order valence-electron chi connectivity index (χ3n) is 3.42. The average Bonchev–Trinajstić information content (AvgIpc) is 2.36. The van der Waals surface area contributed by atoms with Gasteiger partial charge in [-0.05, 0) is 23.8 Å². The fourth-order valence-corrected chi connectivity index (χ4v) is 2.03. The van der Waals surface area contributed by atoms with Crippen molar-refractivity contribution in [2.45, 2.75) is 59.4 Å². The van der Waals surface area contributed by atoms with Crippen LogP contribution in [0.1, 0.15) is 52.5 Å². The van der Waals surface area contributed by atoms with E-state index in [1.165, 1.54) is 5.56 Å². The average molecular weight is 261 g/mol. The molecule has 0 bridgehead atoms. The van der Waals surface area contributed by atoms with Crippen LogP contribution < -0.4 is 5.32 Å². The zero-order valence-corrected chi connectivity index (χ0v) is 12.7. The van der Waals surface area contributed by atoms with E-state index in [0.717, 1.165) is 19.3 Å². The van der Waals surface area contributed by atoms with Crippen LogP contribution in [0, 0.1) is 5.41 Å². The van der Waals surface area contributed by atoms with E-state index in [1.807, 2.05) is 18.2 Å². The summed E-state index contributed by atoms with van der Waals surface area (Å²) in [6.07, 6.45) is 3.56. The zero-order valence-electron chi connectivity index (χ0n) is 12.7. The van der Waals surface area contributed by atoms with Crippen LogP contribution in [0.5, 0.6) is 0 Å². The lowest BCUT2D eigenvalue weighted by Gasteiger charge is -2.32. The normalized spacial score (nSPS) is 13.1. The zero-order chi connectivity index (χ0) is 14.3. The van der Waals surface area contributed by atoms with E-state index in [2.05, 4.69) is 45.1 Å². The largest absolute Gasteiger partial charge is 0.353 e. The summed E-state index contributed by atoms with van der Waals surface area (Å²) in [5.41, 5.74) is 1.34. The number of hydrogen-bond donors (Lipinski definition) is 1. The number of carbonyl (C=O) groups is 1. The van der Waals surface area contributed by atoms with Gasteiger partial charge in [-0.1, -0.05) is 64.4 Å². The minimum atomic E-state index is 0.0672. The summed E-state index contributed by atoms with van der Waals surface area (Å²) >= 11 is 0. The van der Waals surface area contributed by atoms with Gasteiger partial charge in [0.25, 0.3) is 0 Å². The van der Waals surface area contributed by atoms with E-state index < -0.39 is 0 Å². The molecule has 0 aliphatic heterocycles. The van der Waals surface area contributed by atoms with Crippen LogP contribution in [0.15, 0.2) is 30.3 Å². The predicted octanol–water partition coefficient (Wildman–Crippen LogP) is 3.95. The van der Waals surface area contributed by atoms with Crippen molar-refractivity contribution >= 4 is 5.91 Å². The smallest absolute Gasteiger partial charge is 0.220 e. The summed E-state index contributed by atoms with van der Waals surface area (Å²) < 4.78 is 0. The standard InChI is InChI=1S/C17H27NO/c1-5-6-12-16(19)18-15(17(2,3)4)13-14-10-8-7-9-11-14/h7-11,15H,5-6,12-13H2,1-4H3,(H,18,19). The van der Waals surface area contributed by atoms with Crippen molar-refractivity contribution in [2.24, 2.45) is 5.41 Å². The number of nitrogens with one attached hydrogen (secondary N) is 1. The lowest BCUT2D eigenvalue weighted by molar-refractivity contribution is -0.122. The molecule has 1 N–H and O–H groups in total. The first kappa shape index (κ1) is 15.7. The molecule has 0 radical (unpaired) electrons. The lowest BCUT2D eigenvalue weighted by Crippen LogP contribution is -2.45. The van der Waals surface area contributed by atoms with Gasteiger partial charge in [0.2, 0.25) is 5.91 Å². The third kappa shape index (κ3) is 5.91. The van der Waals surface area contributed by atoms with E-state index in [0.29, 0.717) is 6.42 Å². The monoisotopic (exact) mass is 261 g/mol. The molecular weight excluding hydrogens is 234 g/mol. The van der Waals surface area contributed by atoms with E-state index in [1.54, 1.807) is 0 Å². The summed E-state index contributed by atoms with van der Waals surface area (Å²) in [6, 6.07) is 10.5. The number of benzene rings is 1. The molecule has 0 aliphatic rings. The van der Waals surface area contributed by atoms with Crippen molar-refractivity contribution in [1.29, 1.82) is 0 Å². The first-order valence-electron chi connectivity index (χ1n) is 7.26. The molecule has 1 atom stereocenters. The van der Waals surface area contributed by atoms with E-state index in [9.17, 15) is 4.79 Å². The molecule has 2 heteroatoms. The van der Waals surface area contributed by atoms with Crippen LogP contribution in [0.3, 0.4) is 0 Å². The number of amides is 1. The second kappa shape index (κ2) is 7.32. The minimum absolute atomic E-state index is 0.0672. The molecule has 106 valence electrons. The van der Waals surface area contributed by atoms with Crippen LogP contribution >= 0.6 is 0 Å². The minimum Gasteiger partial charge on any atom is -0.353 e. The maximum absolute atomic E-state index is 11.9. The molecule has 1 aromatic carbocycles. The van der Waals surface area contributed by atoms with Gasteiger partial charge in [-0.25, -0.2) is 0 Å². The number of hydrogen-bond acceptors (Lipinski definition) is 1. The highest BCUT2D eigenvalue weighted by Gasteiger charge is 2.26. The van der Waals surface area contributed by atoms with Gasteiger partial charge in [-0.15, -0.1) is 0 Å². The summed E-state index contributed by atoms with van der Waals surface area (Å²) in [4.78, 5) is 11.9. The molecule has 0 saturated carbocycles. The van der Waals surface area contributed by atoms with Gasteiger partial charge < -0.3 is 5.32 Å². The Kier molecular flexibility index (Phi) is 6.07. The molecule has 0 fully saturated rings. The first-order chi connectivity index (χ1) is 8.93. The van der Waals surface area contributed by atoms with Gasteiger partial charge in [-0.2, -0.15) is 0 Å². The van der Waals surface area contributed by atoms with Crippen LogP contribution in [-0.4, -0.2) is 11.9 Å². The fraction of sp³-hybridized carbons (Fsp3) is 0.588. The Labute approximate surface area is 117 Å². The van der Waals surface area contributed by atoms with Crippen LogP contribution in [0.2, 0.25) is 0 Å². The van der Waals surface area contributed by atoms with Gasteiger partial charge in [-0.3, -0.25) is 4.79 Å². The SMILES string of the molecule is CCCCC(=O)NC(Cc1ccccc1)C(C)(C)C. The summed E-state index contributed by atoms with van der Waals surface area (Å²) in [5.74, 6) is 0.178. The molecule has 2 nitrogen and oxygen atoms in total. The number of unbranched alkanes of at least 4 members (excludes halogenated alkanes) is 1. The Balaban J connectivity index is 2.65. The van der Waals surface area contributed by atoms with Crippen LogP contribution in [-0.2, 0) is 11.2 Å². The van der Waals surface area contributed by atoms with Gasteiger partial charge in [0.05, 0.1) is 0 Å². The van der Waals surface area contributed by atoms with Gasteiger partial charge in [0.15, 0.2) is 0 Å². The Morgan fingerprint density at radius 1 is 1.21 bits per heavy atom. The molecule has 0 aromatic heterocycles. The Morgan fingerprint density at radius 3 is 2.37 bits per heavy atom. The highest BCUT2D eigenvalue weighted by Crippen LogP contribution is 2.23. The van der Waals surface area contributed by atoms with Gasteiger partial charge in [0, 0.05) is 12.5 Å². The van der Waals surface area contributed by atoms with Crippen molar-refractivity contribution in [3.05, 3.63) is 35.9 Å². The molecule has 0 aliphatic carbocycles. The molecule has 1 rings (SSSR count). The van der Waals surface area contributed by atoms with Crippen molar-refractivity contribution in [1.82, 2.24) is 5.32 Å². The second-order valence-electron chi connectivity index (χ2n) is 6.28. The molecular formula is C17H27NO. The quantitative estimate of drug-likeness (QED) is 0.825.